The van der Waals surface area contributed by atoms with Gasteiger partial charge in [0.1, 0.15) is 10.6 Å². The van der Waals surface area contributed by atoms with Gasteiger partial charge < -0.3 is 10.1 Å². The maximum Gasteiger partial charge on any atom is 0.387 e. The maximum atomic E-state index is 12.7. The summed E-state index contributed by atoms with van der Waals surface area (Å²) in [6, 6.07) is 2.97. The Hall–Kier alpha value is -1.71. The van der Waals surface area contributed by atoms with E-state index in [1.807, 2.05) is 20.9 Å². The molecule has 0 atom stereocenters. The van der Waals surface area contributed by atoms with Gasteiger partial charge in [-0.3, -0.25) is 9.48 Å². The first-order valence-corrected chi connectivity index (χ1v) is 9.82. The Morgan fingerprint density at radius 3 is 2.74 bits per heavy atom. The summed E-state index contributed by atoms with van der Waals surface area (Å²) in [4.78, 5) is 12.9. The molecule has 3 rings (SSSR count). The first-order chi connectivity index (χ1) is 12.7. The Labute approximate surface area is 171 Å². The largest absolute Gasteiger partial charge is 0.434 e. The van der Waals surface area contributed by atoms with Crippen LogP contribution in [0, 0.1) is 13.8 Å². The minimum Gasteiger partial charge on any atom is -0.434 e. The number of carbonyl (C=O) groups is 1. The molecule has 1 N–H and O–H groups in total. The van der Waals surface area contributed by atoms with E-state index in [4.69, 9.17) is 11.6 Å². The van der Waals surface area contributed by atoms with Crippen molar-refractivity contribution < 1.29 is 18.3 Å². The topological polar surface area (TPSA) is 56.2 Å². The van der Waals surface area contributed by atoms with Crippen molar-refractivity contribution in [2.45, 2.75) is 27.0 Å². The van der Waals surface area contributed by atoms with Gasteiger partial charge in [0.2, 0.25) is 0 Å². The number of fused-ring (bicyclic) bond motifs is 1. The molecule has 10 heteroatoms. The van der Waals surface area contributed by atoms with Gasteiger partial charge in [0.05, 0.1) is 20.8 Å². The van der Waals surface area contributed by atoms with Crippen LogP contribution < -0.4 is 10.1 Å². The third-order valence-electron chi connectivity index (χ3n) is 4.20. The molecule has 0 aliphatic heterocycles. The molecule has 0 unspecified atom stereocenters. The van der Waals surface area contributed by atoms with E-state index in [1.165, 1.54) is 6.07 Å². The number of aromatic nitrogens is 2. The lowest BCUT2D eigenvalue weighted by Crippen LogP contribution is -2.22. The summed E-state index contributed by atoms with van der Waals surface area (Å²) in [6.07, 6.45) is 0. The maximum absolute atomic E-state index is 12.7. The molecule has 1 amide bonds. The minimum absolute atomic E-state index is 0.0672. The number of alkyl halides is 2. The third-order valence-corrected chi connectivity index (χ3v) is 6.84. The van der Waals surface area contributed by atoms with E-state index >= 15 is 0 Å². The SMILES string of the molecule is Cc1nn(C)c(C)c1CNC(=O)c1sc2c(Br)ccc(OC(F)F)c2c1Cl. The molecule has 2 heterocycles. The standard InChI is InChI=1S/C17H15BrClF2N3O2S/c1-7-9(8(2)24(3)23-7)6-22-16(25)15-13(19)12-11(26-17(20)21)5-4-10(18)14(12)27-15/h4-5,17H,6H2,1-3H3,(H,22,25). The molecule has 1 aromatic carbocycles. The van der Waals surface area contributed by atoms with E-state index in [1.54, 1.807) is 10.7 Å². The number of rotatable bonds is 5. The number of thiophene rings is 1. The monoisotopic (exact) mass is 477 g/mol. The van der Waals surface area contributed by atoms with Crippen LogP contribution in [0.4, 0.5) is 8.78 Å². The minimum atomic E-state index is -2.99. The van der Waals surface area contributed by atoms with Gasteiger partial charge in [-0.15, -0.1) is 11.3 Å². The average Bonchev–Trinajstić information content (AvgIpc) is 3.06. The van der Waals surface area contributed by atoms with E-state index in [9.17, 15) is 13.6 Å². The van der Waals surface area contributed by atoms with E-state index in [2.05, 4.69) is 31.1 Å². The molecule has 0 aliphatic carbocycles. The fourth-order valence-electron chi connectivity index (χ4n) is 2.77. The summed E-state index contributed by atoms with van der Waals surface area (Å²) in [7, 11) is 1.83. The van der Waals surface area contributed by atoms with E-state index in [0.717, 1.165) is 28.3 Å². The molecule has 0 fully saturated rings. The van der Waals surface area contributed by atoms with Crippen molar-refractivity contribution in [3.63, 3.8) is 0 Å². The lowest BCUT2D eigenvalue weighted by molar-refractivity contribution is -0.0487. The van der Waals surface area contributed by atoms with Gasteiger partial charge >= 0.3 is 6.61 Å². The molecule has 0 spiro atoms. The number of hydrogen-bond donors (Lipinski definition) is 1. The highest BCUT2D eigenvalue weighted by molar-refractivity contribution is 9.10. The van der Waals surface area contributed by atoms with Crippen LogP contribution in [0.1, 0.15) is 26.6 Å². The predicted molar refractivity (Wildman–Crippen MR) is 105 cm³/mol. The van der Waals surface area contributed by atoms with Gasteiger partial charge in [0.15, 0.2) is 0 Å². The van der Waals surface area contributed by atoms with Crippen molar-refractivity contribution in [2.24, 2.45) is 7.05 Å². The number of aryl methyl sites for hydroxylation is 2. The number of carbonyl (C=O) groups excluding carboxylic acids is 1. The number of hydrogen-bond acceptors (Lipinski definition) is 4. The zero-order valence-corrected chi connectivity index (χ0v) is 17.7. The van der Waals surface area contributed by atoms with E-state index in [-0.39, 0.29) is 27.6 Å². The molecule has 3 aromatic rings. The van der Waals surface area contributed by atoms with Gasteiger partial charge in [-0.2, -0.15) is 13.9 Å². The number of nitrogens with zero attached hydrogens (tertiary/aromatic N) is 2. The molecule has 0 saturated carbocycles. The summed E-state index contributed by atoms with van der Waals surface area (Å²) in [5.74, 6) is -0.457. The summed E-state index contributed by atoms with van der Waals surface area (Å²) < 4.78 is 32.8. The van der Waals surface area contributed by atoms with Crippen molar-refractivity contribution >= 4 is 54.9 Å². The quantitative estimate of drug-likeness (QED) is 0.548. The smallest absolute Gasteiger partial charge is 0.387 e. The molecule has 2 aromatic heterocycles. The molecule has 27 heavy (non-hydrogen) atoms. The fraction of sp³-hybridized carbons (Fsp3) is 0.294. The Morgan fingerprint density at radius 2 is 2.15 bits per heavy atom. The van der Waals surface area contributed by atoms with Crippen molar-refractivity contribution in [3.8, 4) is 5.75 Å². The molecule has 5 nitrogen and oxygen atoms in total. The number of amides is 1. The van der Waals surface area contributed by atoms with E-state index in [0.29, 0.717) is 9.17 Å². The highest BCUT2D eigenvalue weighted by Crippen LogP contribution is 2.44. The molecule has 0 bridgehead atoms. The van der Waals surface area contributed by atoms with Gasteiger partial charge in [0, 0.05) is 29.3 Å². The van der Waals surface area contributed by atoms with Gasteiger partial charge in [-0.25, -0.2) is 0 Å². The van der Waals surface area contributed by atoms with Crippen molar-refractivity contribution in [2.75, 3.05) is 0 Å². The van der Waals surface area contributed by atoms with Crippen molar-refractivity contribution in [3.05, 3.63) is 43.5 Å². The average molecular weight is 479 g/mol. The van der Waals surface area contributed by atoms with Crippen LogP contribution in [0.2, 0.25) is 5.02 Å². The molecule has 0 aliphatic rings. The lowest BCUT2D eigenvalue weighted by Gasteiger charge is -2.07. The van der Waals surface area contributed by atoms with Crippen LogP contribution in [0.25, 0.3) is 10.1 Å². The van der Waals surface area contributed by atoms with Crippen molar-refractivity contribution in [1.29, 1.82) is 0 Å². The summed E-state index contributed by atoms with van der Waals surface area (Å²) >= 11 is 10.8. The fourth-order valence-corrected chi connectivity index (χ4v) is 4.82. The summed E-state index contributed by atoms with van der Waals surface area (Å²) in [6.45, 7) is 1.08. The Balaban J connectivity index is 1.93. The Morgan fingerprint density at radius 1 is 1.44 bits per heavy atom. The number of halogens is 4. The zero-order valence-electron chi connectivity index (χ0n) is 14.6. The lowest BCUT2D eigenvalue weighted by atomic mass is 10.2. The van der Waals surface area contributed by atoms with Gasteiger partial charge in [-0.1, -0.05) is 11.6 Å². The molecular weight excluding hydrogens is 464 g/mol. The summed E-state index contributed by atoms with van der Waals surface area (Å²) in [5.41, 5.74) is 2.70. The zero-order chi connectivity index (χ0) is 19.9. The second-order valence-corrected chi connectivity index (χ2v) is 8.08. The van der Waals surface area contributed by atoms with Crippen LogP contribution in [0.15, 0.2) is 16.6 Å². The van der Waals surface area contributed by atoms with Gasteiger partial charge in [0.25, 0.3) is 5.91 Å². The molecular formula is C17H15BrClF2N3O2S. The predicted octanol–water partition coefficient (Wildman–Crippen LogP) is 5.20. The van der Waals surface area contributed by atoms with Crippen LogP contribution in [0.5, 0.6) is 5.75 Å². The Kier molecular flexibility index (Phi) is 5.73. The second kappa shape index (κ2) is 7.73. The Bertz CT molecular complexity index is 1040. The second-order valence-electron chi connectivity index (χ2n) is 5.83. The number of benzene rings is 1. The van der Waals surface area contributed by atoms with E-state index < -0.39 is 12.5 Å². The van der Waals surface area contributed by atoms with Crippen LogP contribution >= 0.6 is 38.9 Å². The normalized spacial score (nSPS) is 11.4. The van der Waals surface area contributed by atoms with Crippen LogP contribution in [-0.4, -0.2) is 22.3 Å². The highest BCUT2D eigenvalue weighted by Gasteiger charge is 2.23. The molecule has 0 saturated heterocycles. The first kappa shape index (κ1) is 20.0. The number of ether oxygens (including phenoxy) is 1. The highest BCUT2D eigenvalue weighted by atomic mass is 79.9. The molecule has 144 valence electrons. The number of nitrogens with one attached hydrogen (secondary N) is 1. The first-order valence-electron chi connectivity index (χ1n) is 7.83. The van der Waals surface area contributed by atoms with Crippen LogP contribution in [-0.2, 0) is 13.6 Å². The summed E-state index contributed by atoms with van der Waals surface area (Å²) in [5, 5.41) is 7.51. The molecule has 0 radical (unpaired) electrons. The van der Waals surface area contributed by atoms with Crippen LogP contribution in [0.3, 0.4) is 0 Å². The third kappa shape index (κ3) is 3.81. The van der Waals surface area contributed by atoms with Gasteiger partial charge in [-0.05, 0) is 41.9 Å². The van der Waals surface area contributed by atoms with Crippen molar-refractivity contribution in [1.82, 2.24) is 15.1 Å².